The van der Waals surface area contributed by atoms with Crippen LogP contribution in [-0.2, 0) is 4.79 Å². The highest BCUT2D eigenvalue weighted by Gasteiger charge is 2.22. The number of aliphatic carboxylic acids is 1. The predicted molar refractivity (Wildman–Crippen MR) is 95.4 cm³/mol. The van der Waals surface area contributed by atoms with Crippen molar-refractivity contribution in [1.29, 1.82) is 0 Å². The van der Waals surface area contributed by atoms with Gasteiger partial charge in [0.15, 0.2) is 6.04 Å². The summed E-state index contributed by atoms with van der Waals surface area (Å²) in [6.07, 6.45) is 0.303. The second kappa shape index (κ2) is 8.78. The highest BCUT2D eigenvalue weighted by atomic mass is 79.9. The van der Waals surface area contributed by atoms with Crippen molar-refractivity contribution in [3.63, 3.8) is 0 Å². The predicted octanol–water partition coefficient (Wildman–Crippen LogP) is 2.72. The molecule has 3 aromatic rings. The molecule has 12 heteroatoms. The standard InChI is InChI=1S/C16H15BrFN5O5/c1-2-11(16(24)25)23-20-15(19-22-23)13-8-14(21-28-13)27-6-5-26-12-7-9(18)3-4-10(12)17/h3-4,7-8,11H,2,5-6H2,1H3,(H,24,25). The molecule has 10 nitrogen and oxygen atoms in total. The minimum Gasteiger partial charge on any atom is -0.489 e. The van der Waals surface area contributed by atoms with Gasteiger partial charge >= 0.3 is 5.97 Å². The first-order chi connectivity index (χ1) is 13.5. The van der Waals surface area contributed by atoms with Crippen molar-refractivity contribution in [3.05, 3.63) is 34.6 Å². The molecule has 1 aromatic carbocycles. The molecule has 0 aliphatic heterocycles. The van der Waals surface area contributed by atoms with Crippen LogP contribution in [0.4, 0.5) is 4.39 Å². The molecule has 0 fully saturated rings. The van der Waals surface area contributed by atoms with Crippen molar-refractivity contribution in [2.75, 3.05) is 13.2 Å². The highest BCUT2D eigenvalue weighted by molar-refractivity contribution is 9.10. The minimum absolute atomic E-state index is 0.0852. The van der Waals surface area contributed by atoms with E-state index in [0.717, 1.165) is 4.80 Å². The van der Waals surface area contributed by atoms with Crippen LogP contribution in [0.3, 0.4) is 0 Å². The van der Waals surface area contributed by atoms with Crippen molar-refractivity contribution in [1.82, 2.24) is 25.4 Å². The van der Waals surface area contributed by atoms with Crippen LogP contribution in [0.2, 0.25) is 0 Å². The molecule has 0 saturated carbocycles. The Balaban J connectivity index is 1.55. The number of tetrazole rings is 1. The van der Waals surface area contributed by atoms with E-state index >= 15 is 0 Å². The SMILES string of the molecule is CCC(C(=O)O)n1nnc(-c2cc(OCCOc3cc(F)ccc3Br)no2)n1. The van der Waals surface area contributed by atoms with Crippen LogP contribution < -0.4 is 9.47 Å². The Morgan fingerprint density at radius 3 is 2.89 bits per heavy atom. The maximum absolute atomic E-state index is 13.2. The average molecular weight is 456 g/mol. The molecule has 1 unspecified atom stereocenters. The van der Waals surface area contributed by atoms with E-state index in [2.05, 4.69) is 36.5 Å². The van der Waals surface area contributed by atoms with E-state index in [1.54, 1.807) is 13.0 Å². The fraction of sp³-hybridized carbons (Fsp3) is 0.312. The van der Waals surface area contributed by atoms with E-state index in [4.69, 9.17) is 19.1 Å². The molecule has 0 amide bonds. The van der Waals surface area contributed by atoms with Crippen molar-refractivity contribution in [2.24, 2.45) is 0 Å². The number of aromatic nitrogens is 5. The first-order valence-electron chi connectivity index (χ1n) is 8.18. The molecule has 1 N–H and O–H groups in total. The number of halogens is 2. The molecule has 0 aliphatic rings. The van der Waals surface area contributed by atoms with Crippen LogP contribution in [0.25, 0.3) is 11.6 Å². The molecular formula is C16H15BrFN5O5. The third kappa shape index (κ3) is 4.63. The highest BCUT2D eigenvalue weighted by Crippen LogP contribution is 2.25. The number of ether oxygens (including phenoxy) is 2. The Bertz CT molecular complexity index is 963. The van der Waals surface area contributed by atoms with E-state index in [9.17, 15) is 9.18 Å². The normalized spacial score (nSPS) is 12.0. The minimum atomic E-state index is -1.06. The van der Waals surface area contributed by atoms with Crippen molar-refractivity contribution in [3.8, 4) is 23.2 Å². The summed E-state index contributed by atoms with van der Waals surface area (Å²) in [5.41, 5.74) is 0. The second-order valence-electron chi connectivity index (χ2n) is 5.50. The van der Waals surface area contributed by atoms with Gasteiger partial charge < -0.3 is 19.1 Å². The molecule has 0 saturated heterocycles. The number of carboxylic acids is 1. The molecule has 2 heterocycles. The number of nitrogens with zero attached hydrogens (tertiary/aromatic N) is 5. The lowest BCUT2D eigenvalue weighted by atomic mass is 10.2. The zero-order valence-corrected chi connectivity index (χ0v) is 16.2. The Hall–Kier alpha value is -3.02. The lowest BCUT2D eigenvalue weighted by molar-refractivity contribution is -0.141. The van der Waals surface area contributed by atoms with E-state index in [1.165, 1.54) is 18.2 Å². The summed E-state index contributed by atoms with van der Waals surface area (Å²) in [5, 5.41) is 24.3. The molecule has 2 aromatic heterocycles. The molecular weight excluding hydrogens is 441 g/mol. The summed E-state index contributed by atoms with van der Waals surface area (Å²) in [5.74, 6) is -0.683. The van der Waals surface area contributed by atoms with Crippen LogP contribution in [0.5, 0.6) is 11.6 Å². The maximum Gasteiger partial charge on any atom is 0.330 e. The van der Waals surface area contributed by atoms with Gasteiger partial charge in [0.05, 0.1) is 10.5 Å². The molecule has 0 aliphatic carbocycles. The van der Waals surface area contributed by atoms with Crippen LogP contribution in [-0.4, -0.2) is 49.7 Å². The molecule has 28 heavy (non-hydrogen) atoms. The maximum atomic E-state index is 13.2. The van der Waals surface area contributed by atoms with Gasteiger partial charge in [-0.3, -0.25) is 0 Å². The van der Waals surface area contributed by atoms with Gasteiger partial charge in [0.1, 0.15) is 24.8 Å². The van der Waals surface area contributed by atoms with Crippen LogP contribution in [0, 0.1) is 5.82 Å². The average Bonchev–Trinajstić information content (AvgIpc) is 3.31. The number of hydrogen-bond donors (Lipinski definition) is 1. The third-order valence-electron chi connectivity index (χ3n) is 3.57. The number of benzene rings is 1. The number of rotatable bonds is 9. The van der Waals surface area contributed by atoms with E-state index < -0.39 is 17.8 Å². The lowest BCUT2D eigenvalue weighted by Gasteiger charge is -2.08. The summed E-state index contributed by atoms with van der Waals surface area (Å²) in [4.78, 5) is 12.2. The third-order valence-corrected chi connectivity index (χ3v) is 4.23. The number of carboxylic acid groups (broad SMARTS) is 1. The first-order valence-corrected chi connectivity index (χ1v) is 8.97. The van der Waals surface area contributed by atoms with Gasteiger partial charge in [0.25, 0.3) is 5.88 Å². The Labute approximate surface area is 166 Å². The number of hydrogen-bond acceptors (Lipinski definition) is 8. The van der Waals surface area contributed by atoms with Gasteiger partial charge in [-0.15, -0.1) is 15.0 Å². The van der Waals surface area contributed by atoms with Gasteiger partial charge in [0.2, 0.25) is 11.6 Å². The first kappa shape index (κ1) is 19.7. The smallest absolute Gasteiger partial charge is 0.330 e. The fourth-order valence-electron chi connectivity index (χ4n) is 2.21. The number of carbonyl (C=O) groups is 1. The van der Waals surface area contributed by atoms with Crippen LogP contribution >= 0.6 is 15.9 Å². The topological polar surface area (TPSA) is 125 Å². The van der Waals surface area contributed by atoms with E-state index in [-0.39, 0.29) is 30.7 Å². The molecule has 0 spiro atoms. The van der Waals surface area contributed by atoms with Crippen LogP contribution in [0.15, 0.2) is 33.3 Å². The Morgan fingerprint density at radius 2 is 2.14 bits per heavy atom. The van der Waals surface area contributed by atoms with E-state index in [1.807, 2.05) is 0 Å². The van der Waals surface area contributed by atoms with E-state index in [0.29, 0.717) is 16.6 Å². The summed E-state index contributed by atoms with van der Waals surface area (Å²) in [6, 6.07) is 4.64. The van der Waals surface area contributed by atoms with Gasteiger partial charge in [-0.2, -0.15) is 0 Å². The molecule has 0 radical (unpaired) electrons. The van der Waals surface area contributed by atoms with Crippen molar-refractivity contribution >= 4 is 21.9 Å². The van der Waals surface area contributed by atoms with Gasteiger partial charge in [-0.05, 0) is 44.9 Å². The second-order valence-corrected chi connectivity index (χ2v) is 6.35. The van der Waals surface area contributed by atoms with Crippen molar-refractivity contribution < 1.29 is 28.3 Å². The molecule has 148 valence electrons. The lowest BCUT2D eigenvalue weighted by Crippen LogP contribution is -2.20. The Kier molecular flexibility index (Phi) is 6.19. The van der Waals surface area contributed by atoms with Gasteiger partial charge in [-0.25, -0.2) is 9.18 Å². The summed E-state index contributed by atoms with van der Waals surface area (Å²) < 4.78 is 29.7. The Morgan fingerprint density at radius 1 is 1.36 bits per heavy atom. The quantitative estimate of drug-likeness (QED) is 0.484. The van der Waals surface area contributed by atoms with Crippen LogP contribution in [0.1, 0.15) is 19.4 Å². The van der Waals surface area contributed by atoms with Crippen molar-refractivity contribution in [2.45, 2.75) is 19.4 Å². The molecule has 3 rings (SSSR count). The summed E-state index contributed by atoms with van der Waals surface area (Å²) >= 11 is 3.26. The zero-order valence-electron chi connectivity index (χ0n) is 14.6. The monoisotopic (exact) mass is 455 g/mol. The van der Waals surface area contributed by atoms with Gasteiger partial charge in [0, 0.05) is 6.07 Å². The molecule has 0 bridgehead atoms. The molecule has 1 atom stereocenters. The fourth-order valence-corrected chi connectivity index (χ4v) is 2.57. The summed E-state index contributed by atoms with van der Waals surface area (Å²) in [7, 11) is 0. The van der Waals surface area contributed by atoms with Gasteiger partial charge in [-0.1, -0.05) is 6.92 Å². The summed E-state index contributed by atoms with van der Waals surface area (Å²) in [6.45, 7) is 1.98. The zero-order chi connectivity index (χ0) is 20.1. The largest absolute Gasteiger partial charge is 0.489 e.